The number of benzene rings is 1. The van der Waals surface area contributed by atoms with Crippen molar-refractivity contribution in [3.63, 3.8) is 0 Å². The number of rotatable bonds is 2. The number of nitrogens with zero attached hydrogens (tertiary/aromatic N) is 2. The van der Waals surface area contributed by atoms with Gasteiger partial charge in [0.1, 0.15) is 5.82 Å². The molecule has 96 valence electrons. The summed E-state index contributed by atoms with van der Waals surface area (Å²) in [5.41, 5.74) is 2.87. The fourth-order valence-electron chi connectivity index (χ4n) is 2.04. The van der Waals surface area contributed by atoms with Gasteiger partial charge in [0.2, 0.25) is 5.28 Å². The van der Waals surface area contributed by atoms with Crippen molar-refractivity contribution in [3.8, 4) is 0 Å². The molecular formula is C13H11ClN4O. The van der Waals surface area contributed by atoms with E-state index in [1.807, 2.05) is 12.1 Å². The van der Waals surface area contributed by atoms with Crippen LogP contribution in [0, 0.1) is 0 Å². The number of fused-ring (bicyclic) bond motifs is 1. The van der Waals surface area contributed by atoms with Crippen molar-refractivity contribution in [1.82, 2.24) is 9.97 Å². The van der Waals surface area contributed by atoms with Crippen molar-refractivity contribution in [3.05, 3.63) is 46.9 Å². The largest absolute Gasteiger partial charge is 0.384 e. The number of halogens is 1. The first-order valence-electron chi connectivity index (χ1n) is 5.89. The zero-order valence-electron chi connectivity index (χ0n) is 9.98. The van der Waals surface area contributed by atoms with Crippen LogP contribution in [0.5, 0.6) is 0 Å². The molecule has 3 rings (SSSR count). The van der Waals surface area contributed by atoms with E-state index in [0.29, 0.717) is 11.4 Å². The van der Waals surface area contributed by atoms with E-state index in [4.69, 9.17) is 11.6 Å². The molecular weight excluding hydrogens is 264 g/mol. The minimum atomic E-state index is -0.204. The van der Waals surface area contributed by atoms with Gasteiger partial charge in [-0.25, -0.2) is 9.97 Å². The highest BCUT2D eigenvalue weighted by atomic mass is 35.5. The highest BCUT2D eigenvalue weighted by molar-refractivity contribution is 6.28. The highest BCUT2D eigenvalue weighted by Gasteiger charge is 2.13. The van der Waals surface area contributed by atoms with Gasteiger partial charge >= 0.3 is 0 Å². The van der Waals surface area contributed by atoms with Crippen LogP contribution in [-0.4, -0.2) is 22.4 Å². The Bertz CT molecular complexity index is 644. The molecule has 0 atom stereocenters. The van der Waals surface area contributed by atoms with Crippen LogP contribution in [-0.2, 0) is 6.42 Å². The van der Waals surface area contributed by atoms with Gasteiger partial charge in [-0.15, -0.1) is 0 Å². The number of aromatic nitrogens is 2. The molecule has 5 nitrogen and oxygen atoms in total. The minimum Gasteiger partial charge on any atom is -0.384 e. The quantitative estimate of drug-likeness (QED) is 0.825. The molecule has 1 aromatic carbocycles. The second kappa shape index (κ2) is 4.85. The van der Waals surface area contributed by atoms with Gasteiger partial charge in [0, 0.05) is 24.0 Å². The Morgan fingerprint density at radius 3 is 3.11 bits per heavy atom. The maximum Gasteiger partial charge on any atom is 0.256 e. The van der Waals surface area contributed by atoms with Gasteiger partial charge in [-0.3, -0.25) is 4.79 Å². The van der Waals surface area contributed by atoms with Gasteiger partial charge in [0.05, 0.1) is 0 Å². The number of anilines is 2. The zero-order chi connectivity index (χ0) is 13.2. The maximum atomic E-state index is 12.1. The smallest absolute Gasteiger partial charge is 0.256 e. The Morgan fingerprint density at radius 2 is 2.26 bits per heavy atom. The summed E-state index contributed by atoms with van der Waals surface area (Å²) in [6.45, 7) is 0.919. The lowest BCUT2D eigenvalue weighted by Crippen LogP contribution is -2.13. The molecule has 2 N–H and O–H groups in total. The third-order valence-electron chi connectivity index (χ3n) is 2.95. The summed E-state index contributed by atoms with van der Waals surface area (Å²) in [6.07, 6.45) is 2.44. The zero-order valence-corrected chi connectivity index (χ0v) is 10.7. The Kier molecular flexibility index (Phi) is 3.05. The molecule has 0 fully saturated rings. The van der Waals surface area contributed by atoms with Crippen molar-refractivity contribution < 1.29 is 4.79 Å². The normalized spacial score (nSPS) is 12.7. The lowest BCUT2D eigenvalue weighted by atomic mass is 10.1. The van der Waals surface area contributed by atoms with Gasteiger partial charge in [-0.1, -0.05) is 0 Å². The number of nitrogens with one attached hydrogen (secondary N) is 2. The third kappa shape index (κ3) is 2.51. The van der Waals surface area contributed by atoms with Crippen molar-refractivity contribution in [1.29, 1.82) is 0 Å². The molecule has 1 aliphatic rings. The van der Waals surface area contributed by atoms with Crippen LogP contribution in [0.3, 0.4) is 0 Å². The first-order chi connectivity index (χ1) is 9.22. The molecule has 0 bridgehead atoms. The Labute approximate surface area is 115 Å². The van der Waals surface area contributed by atoms with E-state index < -0.39 is 0 Å². The van der Waals surface area contributed by atoms with E-state index in [9.17, 15) is 4.79 Å². The van der Waals surface area contributed by atoms with Crippen LogP contribution in [0.25, 0.3) is 0 Å². The monoisotopic (exact) mass is 274 g/mol. The molecule has 0 unspecified atom stereocenters. The molecule has 19 heavy (non-hydrogen) atoms. The summed E-state index contributed by atoms with van der Waals surface area (Å²) >= 11 is 5.67. The molecule has 1 aliphatic heterocycles. The summed E-state index contributed by atoms with van der Waals surface area (Å²) in [5, 5.41) is 6.06. The van der Waals surface area contributed by atoms with E-state index in [1.165, 1.54) is 6.20 Å². The lowest BCUT2D eigenvalue weighted by Gasteiger charge is -2.06. The van der Waals surface area contributed by atoms with Crippen LogP contribution in [0.15, 0.2) is 30.5 Å². The highest BCUT2D eigenvalue weighted by Crippen LogP contribution is 2.23. The van der Waals surface area contributed by atoms with E-state index in [2.05, 4.69) is 20.6 Å². The molecule has 2 aromatic rings. The predicted octanol–water partition coefficient (Wildman–Crippen LogP) is 2.35. The molecule has 0 saturated heterocycles. The van der Waals surface area contributed by atoms with Crippen LogP contribution in [0.4, 0.5) is 11.5 Å². The average molecular weight is 275 g/mol. The summed E-state index contributed by atoms with van der Waals surface area (Å²) in [7, 11) is 0. The molecule has 0 spiro atoms. The van der Waals surface area contributed by atoms with Crippen molar-refractivity contribution >= 4 is 29.0 Å². The summed E-state index contributed by atoms with van der Waals surface area (Å²) in [4.78, 5) is 19.8. The molecule has 2 heterocycles. The van der Waals surface area contributed by atoms with Gasteiger partial charge < -0.3 is 10.6 Å². The maximum absolute atomic E-state index is 12.1. The standard InChI is InChI=1S/C13H11ClN4O/c14-13-16-6-4-11(18-13)17-12(19)9-1-2-10-8(7-9)3-5-15-10/h1-2,4,6-7,15H,3,5H2,(H,16,17,18,19). The van der Waals surface area contributed by atoms with Crippen LogP contribution < -0.4 is 10.6 Å². The van der Waals surface area contributed by atoms with Crippen molar-refractivity contribution in [2.45, 2.75) is 6.42 Å². The van der Waals surface area contributed by atoms with E-state index >= 15 is 0 Å². The summed E-state index contributed by atoms with van der Waals surface area (Å²) < 4.78 is 0. The minimum absolute atomic E-state index is 0.107. The van der Waals surface area contributed by atoms with E-state index in [-0.39, 0.29) is 11.2 Å². The topological polar surface area (TPSA) is 66.9 Å². The fourth-order valence-corrected chi connectivity index (χ4v) is 2.19. The fraction of sp³-hybridized carbons (Fsp3) is 0.154. The summed E-state index contributed by atoms with van der Waals surface area (Å²) in [6, 6.07) is 7.20. The van der Waals surface area contributed by atoms with Gasteiger partial charge in [0.15, 0.2) is 0 Å². The molecule has 1 aromatic heterocycles. The van der Waals surface area contributed by atoms with Gasteiger partial charge in [0.25, 0.3) is 5.91 Å². The number of amides is 1. The number of hydrogen-bond donors (Lipinski definition) is 2. The summed E-state index contributed by atoms with van der Waals surface area (Å²) in [5.74, 6) is 0.188. The first-order valence-corrected chi connectivity index (χ1v) is 6.27. The lowest BCUT2D eigenvalue weighted by molar-refractivity contribution is 0.102. The Balaban J connectivity index is 1.81. The van der Waals surface area contributed by atoms with Crippen molar-refractivity contribution in [2.75, 3.05) is 17.2 Å². The SMILES string of the molecule is O=C(Nc1ccnc(Cl)n1)c1ccc2c(c1)CCN2. The van der Waals surface area contributed by atoms with Gasteiger partial charge in [-0.2, -0.15) is 0 Å². The van der Waals surface area contributed by atoms with Crippen molar-refractivity contribution in [2.24, 2.45) is 0 Å². The molecule has 0 aliphatic carbocycles. The molecule has 6 heteroatoms. The number of carbonyl (C=O) groups is 1. The number of carbonyl (C=O) groups excluding carboxylic acids is 1. The Morgan fingerprint density at radius 1 is 1.37 bits per heavy atom. The van der Waals surface area contributed by atoms with Crippen LogP contribution in [0.1, 0.15) is 15.9 Å². The first kappa shape index (κ1) is 11.9. The average Bonchev–Trinajstić information content (AvgIpc) is 2.85. The molecule has 0 saturated carbocycles. The van der Waals surface area contributed by atoms with E-state index in [1.54, 1.807) is 12.1 Å². The molecule has 1 amide bonds. The molecule has 0 radical (unpaired) electrons. The van der Waals surface area contributed by atoms with E-state index in [0.717, 1.165) is 24.2 Å². The second-order valence-electron chi connectivity index (χ2n) is 4.21. The van der Waals surface area contributed by atoms with Crippen LogP contribution >= 0.6 is 11.6 Å². The van der Waals surface area contributed by atoms with Gasteiger partial charge in [-0.05, 0) is 47.9 Å². The second-order valence-corrected chi connectivity index (χ2v) is 4.55. The predicted molar refractivity (Wildman–Crippen MR) is 73.6 cm³/mol. The van der Waals surface area contributed by atoms with Crippen LogP contribution in [0.2, 0.25) is 5.28 Å². The Hall–Kier alpha value is -2.14. The number of hydrogen-bond acceptors (Lipinski definition) is 4. The third-order valence-corrected chi connectivity index (χ3v) is 3.13.